The Kier molecular flexibility index (Phi) is 5.38. The summed E-state index contributed by atoms with van der Waals surface area (Å²) in [5, 5.41) is 2.87. The maximum absolute atomic E-state index is 12.1. The normalized spacial score (nSPS) is 16.3. The Hall–Kier alpha value is -2.08. The van der Waals surface area contributed by atoms with Crippen LogP contribution in [-0.4, -0.2) is 43.5 Å². The number of anilines is 1. The third-order valence-electron chi connectivity index (χ3n) is 3.99. The number of rotatable bonds is 5. The number of carbonyl (C=O) groups excluding carboxylic acids is 2. The highest BCUT2D eigenvalue weighted by molar-refractivity contribution is 5.93. The zero-order chi connectivity index (χ0) is 16.1. The van der Waals surface area contributed by atoms with E-state index in [1.807, 2.05) is 30.0 Å². The number of piperidine rings is 1. The number of hydrogen-bond acceptors (Lipinski definition) is 4. The molecule has 0 aliphatic carbocycles. The van der Waals surface area contributed by atoms with Gasteiger partial charge in [0.2, 0.25) is 11.8 Å². The van der Waals surface area contributed by atoms with Crippen molar-refractivity contribution in [3.8, 4) is 5.75 Å². The molecule has 1 fully saturated rings. The van der Waals surface area contributed by atoms with Gasteiger partial charge in [0.15, 0.2) is 0 Å². The van der Waals surface area contributed by atoms with Crippen molar-refractivity contribution in [2.24, 2.45) is 11.7 Å². The number of nitrogens with two attached hydrogens (primary N) is 1. The Balaban J connectivity index is 1.87. The first-order chi connectivity index (χ1) is 10.5. The molecule has 0 atom stereocenters. The summed E-state index contributed by atoms with van der Waals surface area (Å²) in [6.45, 7) is 3.71. The lowest BCUT2D eigenvalue weighted by molar-refractivity contribution is -0.123. The number of primary amides is 1. The van der Waals surface area contributed by atoms with Crippen LogP contribution < -0.4 is 15.8 Å². The molecule has 0 spiro atoms. The standard InChI is InChI=1S/C16H23N3O3/c1-11-3-4-13(14(9-11)22-2)18-15(20)10-19-7-5-12(6-8-19)16(17)21/h3-4,9,12H,5-8,10H2,1-2H3,(H2,17,21)(H,18,20). The quantitative estimate of drug-likeness (QED) is 0.854. The van der Waals surface area contributed by atoms with Crippen LogP contribution in [0.15, 0.2) is 18.2 Å². The van der Waals surface area contributed by atoms with Crippen molar-refractivity contribution in [1.29, 1.82) is 0 Å². The summed E-state index contributed by atoms with van der Waals surface area (Å²) in [5.74, 6) is 0.269. The van der Waals surface area contributed by atoms with E-state index in [9.17, 15) is 9.59 Å². The fourth-order valence-electron chi connectivity index (χ4n) is 2.67. The second-order valence-corrected chi connectivity index (χ2v) is 5.70. The highest BCUT2D eigenvalue weighted by Crippen LogP contribution is 2.25. The average molecular weight is 305 g/mol. The van der Waals surface area contributed by atoms with Crippen LogP contribution in [0.4, 0.5) is 5.69 Å². The van der Waals surface area contributed by atoms with Crippen molar-refractivity contribution in [2.45, 2.75) is 19.8 Å². The van der Waals surface area contributed by atoms with Crippen molar-refractivity contribution in [3.63, 3.8) is 0 Å². The van der Waals surface area contributed by atoms with E-state index in [1.165, 1.54) is 0 Å². The highest BCUT2D eigenvalue weighted by atomic mass is 16.5. The van der Waals surface area contributed by atoms with Crippen molar-refractivity contribution < 1.29 is 14.3 Å². The Morgan fingerprint density at radius 2 is 2.05 bits per heavy atom. The molecule has 3 N–H and O–H groups in total. The van der Waals surface area contributed by atoms with Crippen LogP contribution in [0.25, 0.3) is 0 Å². The molecule has 1 aliphatic heterocycles. The number of nitrogens with zero attached hydrogens (tertiary/aromatic N) is 1. The van der Waals surface area contributed by atoms with Crippen LogP contribution >= 0.6 is 0 Å². The summed E-state index contributed by atoms with van der Waals surface area (Å²) < 4.78 is 5.28. The lowest BCUT2D eigenvalue weighted by Gasteiger charge is -2.29. The second kappa shape index (κ2) is 7.26. The van der Waals surface area contributed by atoms with Gasteiger partial charge in [0.1, 0.15) is 5.75 Å². The molecule has 6 heteroatoms. The van der Waals surface area contributed by atoms with Crippen LogP contribution in [0.2, 0.25) is 0 Å². The minimum atomic E-state index is -0.242. The summed E-state index contributed by atoms with van der Waals surface area (Å²) >= 11 is 0. The molecule has 2 rings (SSSR count). The van der Waals surface area contributed by atoms with Gasteiger partial charge in [-0.3, -0.25) is 14.5 Å². The molecule has 0 radical (unpaired) electrons. The van der Waals surface area contributed by atoms with E-state index in [4.69, 9.17) is 10.5 Å². The van der Waals surface area contributed by atoms with E-state index in [0.29, 0.717) is 31.1 Å². The van der Waals surface area contributed by atoms with Crippen molar-refractivity contribution in [1.82, 2.24) is 4.90 Å². The van der Waals surface area contributed by atoms with Crippen LogP contribution in [0.1, 0.15) is 18.4 Å². The van der Waals surface area contributed by atoms with Gasteiger partial charge in [0, 0.05) is 5.92 Å². The summed E-state index contributed by atoms with van der Waals surface area (Å²) in [6.07, 6.45) is 1.44. The fourth-order valence-corrected chi connectivity index (χ4v) is 2.67. The number of hydrogen-bond donors (Lipinski definition) is 2. The molecule has 22 heavy (non-hydrogen) atoms. The second-order valence-electron chi connectivity index (χ2n) is 5.70. The first-order valence-corrected chi connectivity index (χ1v) is 7.45. The molecular weight excluding hydrogens is 282 g/mol. The Morgan fingerprint density at radius 1 is 1.36 bits per heavy atom. The predicted molar refractivity (Wildman–Crippen MR) is 84.7 cm³/mol. The average Bonchev–Trinajstić information content (AvgIpc) is 2.49. The van der Waals surface area contributed by atoms with Gasteiger partial charge in [-0.2, -0.15) is 0 Å². The molecule has 2 amide bonds. The maximum atomic E-state index is 12.1. The minimum Gasteiger partial charge on any atom is -0.495 e. The molecule has 1 saturated heterocycles. The summed E-state index contributed by atoms with van der Waals surface area (Å²) in [6, 6.07) is 5.65. The molecule has 0 saturated carbocycles. The Labute approximate surface area is 130 Å². The van der Waals surface area contributed by atoms with Gasteiger partial charge in [-0.15, -0.1) is 0 Å². The molecule has 0 unspecified atom stereocenters. The van der Waals surface area contributed by atoms with Crippen molar-refractivity contribution >= 4 is 17.5 Å². The largest absolute Gasteiger partial charge is 0.495 e. The number of amides is 2. The van der Waals surface area contributed by atoms with Gasteiger partial charge in [0.05, 0.1) is 19.3 Å². The van der Waals surface area contributed by atoms with Crippen LogP contribution in [0.3, 0.4) is 0 Å². The van der Waals surface area contributed by atoms with Gasteiger partial charge in [-0.1, -0.05) is 6.07 Å². The number of methoxy groups -OCH3 is 1. The summed E-state index contributed by atoms with van der Waals surface area (Å²) in [4.78, 5) is 25.3. The molecule has 1 aromatic carbocycles. The molecule has 1 aromatic rings. The fraction of sp³-hybridized carbons (Fsp3) is 0.500. The zero-order valence-electron chi connectivity index (χ0n) is 13.1. The number of ether oxygens (including phenoxy) is 1. The monoisotopic (exact) mass is 305 g/mol. The number of likely N-dealkylation sites (tertiary alicyclic amines) is 1. The maximum Gasteiger partial charge on any atom is 0.238 e. The molecular formula is C16H23N3O3. The third kappa shape index (κ3) is 4.21. The van der Waals surface area contributed by atoms with E-state index in [1.54, 1.807) is 7.11 Å². The number of nitrogens with one attached hydrogen (secondary N) is 1. The van der Waals surface area contributed by atoms with Gasteiger partial charge in [-0.25, -0.2) is 0 Å². The van der Waals surface area contributed by atoms with Crippen molar-refractivity contribution in [3.05, 3.63) is 23.8 Å². The molecule has 0 aromatic heterocycles. The third-order valence-corrected chi connectivity index (χ3v) is 3.99. The van der Waals surface area contributed by atoms with Crippen LogP contribution in [0, 0.1) is 12.8 Å². The summed E-state index contributed by atoms with van der Waals surface area (Å²) in [5.41, 5.74) is 7.05. The predicted octanol–water partition coefficient (Wildman–Crippen LogP) is 1.14. The first kappa shape index (κ1) is 16.3. The zero-order valence-corrected chi connectivity index (χ0v) is 13.1. The van der Waals surface area contributed by atoms with Crippen molar-refractivity contribution in [2.75, 3.05) is 32.1 Å². The molecule has 1 heterocycles. The topological polar surface area (TPSA) is 84.7 Å². The van der Waals surface area contributed by atoms with Gasteiger partial charge >= 0.3 is 0 Å². The van der Waals surface area contributed by atoms with Crippen LogP contribution in [0.5, 0.6) is 5.75 Å². The van der Waals surface area contributed by atoms with E-state index in [0.717, 1.165) is 18.4 Å². The van der Waals surface area contributed by atoms with E-state index in [2.05, 4.69) is 5.32 Å². The molecule has 120 valence electrons. The van der Waals surface area contributed by atoms with Gasteiger partial charge < -0.3 is 15.8 Å². The molecule has 6 nitrogen and oxygen atoms in total. The van der Waals surface area contributed by atoms with E-state index < -0.39 is 0 Å². The van der Waals surface area contributed by atoms with Gasteiger partial charge in [0.25, 0.3) is 0 Å². The minimum absolute atomic E-state index is 0.0588. The first-order valence-electron chi connectivity index (χ1n) is 7.45. The SMILES string of the molecule is COc1cc(C)ccc1NC(=O)CN1CCC(C(N)=O)CC1. The lowest BCUT2D eigenvalue weighted by Crippen LogP contribution is -2.42. The van der Waals surface area contributed by atoms with Gasteiger partial charge in [-0.05, 0) is 50.6 Å². The Morgan fingerprint density at radius 3 is 2.64 bits per heavy atom. The number of carbonyl (C=O) groups is 2. The Bertz CT molecular complexity index is 552. The van der Waals surface area contributed by atoms with E-state index >= 15 is 0 Å². The van der Waals surface area contributed by atoms with E-state index in [-0.39, 0.29) is 17.7 Å². The molecule has 1 aliphatic rings. The number of aryl methyl sites for hydroxylation is 1. The molecule has 0 bridgehead atoms. The number of benzene rings is 1. The smallest absolute Gasteiger partial charge is 0.238 e. The highest BCUT2D eigenvalue weighted by Gasteiger charge is 2.24. The lowest BCUT2D eigenvalue weighted by atomic mass is 9.96. The van der Waals surface area contributed by atoms with Crippen LogP contribution in [-0.2, 0) is 9.59 Å². The summed E-state index contributed by atoms with van der Waals surface area (Å²) in [7, 11) is 1.58.